The molecule has 0 saturated carbocycles. The van der Waals surface area contributed by atoms with E-state index >= 15 is 0 Å². The van der Waals surface area contributed by atoms with Crippen LogP contribution in [0.4, 0.5) is 0 Å². The predicted molar refractivity (Wildman–Crippen MR) is 53.3 cm³/mol. The van der Waals surface area contributed by atoms with Crippen LogP contribution >= 0.6 is 0 Å². The first-order valence-electron chi connectivity index (χ1n) is 4.44. The molecule has 0 saturated heterocycles. The smallest absolute Gasteiger partial charge is 0.120 e. The van der Waals surface area contributed by atoms with E-state index in [4.69, 9.17) is 14.7 Å². The van der Waals surface area contributed by atoms with E-state index < -0.39 is 0 Å². The summed E-state index contributed by atoms with van der Waals surface area (Å²) in [6.07, 6.45) is 0.319. The summed E-state index contributed by atoms with van der Waals surface area (Å²) < 4.78 is 10.5. The number of ether oxygens (including phenoxy) is 2. The number of hydrogen-bond acceptors (Lipinski definition) is 3. The highest BCUT2D eigenvalue weighted by Crippen LogP contribution is 2.18. The maximum atomic E-state index is 8.45. The number of methoxy groups -OCH3 is 1. The van der Waals surface area contributed by atoms with Gasteiger partial charge in [-0.1, -0.05) is 0 Å². The van der Waals surface area contributed by atoms with Crippen molar-refractivity contribution in [2.24, 2.45) is 0 Å². The van der Waals surface area contributed by atoms with Gasteiger partial charge in [-0.2, -0.15) is 5.26 Å². The molecule has 3 nitrogen and oxygen atoms in total. The molecular weight excluding hydrogens is 178 g/mol. The zero-order chi connectivity index (χ0) is 10.4. The van der Waals surface area contributed by atoms with E-state index in [1.165, 1.54) is 0 Å². The molecule has 0 spiro atoms. The Morgan fingerprint density at radius 1 is 1.29 bits per heavy atom. The lowest BCUT2D eigenvalue weighted by atomic mass is 10.3. The van der Waals surface area contributed by atoms with Gasteiger partial charge < -0.3 is 9.47 Å². The third-order valence-corrected chi connectivity index (χ3v) is 1.78. The minimum Gasteiger partial charge on any atom is -0.497 e. The normalized spacial score (nSPS) is 11.5. The predicted octanol–water partition coefficient (Wildman–Crippen LogP) is 2.38. The number of rotatable bonds is 4. The fourth-order valence-corrected chi connectivity index (χ4v) is 1.06. The van der Waals surface area contributed by atoms with Gasteiger partial charge in [0.2, 0.25) is 0 Å². The van der Waals surface area contributed by atoms with Gasteiger partial charge in [-0.15, -0.1) is 0 Å². The fourth-order valence-electron chi connectivity index (χ4n) is 1.06. The molecule has 0 aliphatic rings. The highest BCUT2D eigenvalue weighted by Gasteiger charge is 2.02. The van der Waals surface area contributed by atoms with E-state index in [1.54, 1.807) is 7.11 Å². The van der Waals surface area contributed by atoms with Crippen LogP contribution in [0.15, 0.2) is 24.3 Å². The second-order valence-electron chi connectivity index (χ2n) is 2.97. The molecule has 1 rings (SSSR count). The highest BCUT2D eigenvalue weighted by atomic mass is 16.5. The summed E-state index contributed by atoms with van der Waals surface area (Å²) in [4.78, 5) is 0. The molecule has 0 aromatic heterocycles. The van der Waals surface area contributed by atoms with Gasteiger partial charge in [-0.05, 0) is 31.2 Å². The summed E-state index contributed by atoms with van der Waals surface area (Å²) in [5.41, 5.74) is 0. The Kier molecular flexibility index (Phi) is 3.81. The maximum Gasteiger partial charge on any atom is 0.120 e. The lowest BCUT2D eigenvalue weighted by molar-refractivity contribution is 0.227. The standard InChI is InChI=1S/C11H13NO2/c1-9(7-8-12)14-11-5-3-10(13-2)4-6-11/h3-6,9H,7H2,1-2H3. The largest absolute Gasteiger partial charge is 0.497 e. The summed E-state index contributed by atoms with van der Waals surface area (Å²) in [7, 11) is 1.62. The van der Waals surface area contributed by atoms with Crippen LogP contribution < -0.4 is 9.47 Å². The van der Waals surface area contributed by atoms with Gasteiger partial charge in [0.15, 0.2) is 0 Å². The summed E-state index contributed by atoms with van der Waals surface area (Å²) in [5.74, 6) is 1.55. The first-order chi connectivity index (χ1) is 6.76. The molecule has 1 aromatic rings. The van der Waals surface area contributed by atoms with Gasteiger partial charge >= 0.3 is 0 Å². The Morgan fingerprint density at radius 2 is 1.86 bits per heavy atom. The SMILES string of the molecule is COc1ccc(OC(C)CC#N)cc1. The molecule has 1 aromatic carbocycles. The first kappa shape index (κ1) is 10.4. The topological polar surface area (TPSA) is 42.2 Å². The van der Waals surface area contributed by atoms with Crippen LogP contribution in [0.25, 0.3) is 0 Å². The monoisotopic (exact) mass is 191 g/mol. The van der Waals surface area contributed by atoms with Crippen LogP contribution in [0.3, 0.4) is 0 Å². The van der Waals surface area contributed by atoms with Crippen molar-refractivity contribution in [3.63, 3.8) is 0 Å². The molecule has 0 bridgehead atoms. The third kappa shape index (κ3) is 2.98. The van der Waals surface area contributed by atoms with Crippen LogP contribution in [0.2, 0.25) is 0 Å². The van der Waals surface area contributed by atoms with Gasteiger partial charge in [0.25, 0.3) is 0 Å². The molecule has 0 fully saturated rings. The minimum atomic E-state index is -0.0756. The molecule has 74 valence electrons. The molecule has 1 unspecified atom stereocenters. The summed E-state index contributed by atoms with van der Waals surface area (Å²) >= 11 is 0. The molecule has 14 heavy (non-hydrogen) atoms. The van der Waals surface area contributed by atoms with Crippen molar-refractivity contribution in [2.45, 2.75) is 19.4 Å². The highest BCUT2D eigenvalue weighted by molar-refractivity contribution is 5.31. The zero-order valence-corrected chi connectivity index (χ0v) is 8.36. The molecule has 0 aliphatic heterocycles. The van der Waals surface area contributed by atoms with Crippen molar-refractivity contribution >= 4 is 0 Å². The second kappa shape index (κ2) is 5.13. The van der Waals surface area contributed by atoms with Crippen LogP contribution in [0.1, 0.15) is 13.3 Å². The van der Waals surface area contributed by atoms with Crippen molar-refractivity contribution in [2.75, 3.05) is 7.11 Å². The van der Waals surface area contributed by atoms with Gasteiger partial charge in [-0.25, -0.2) is 0 Å². The molecular formula is C11H13NO2. The lowest BCUT2D eigenvalue weighted by Gasteiger charge is -2.11. The number of hydrogen-bond donors (Lipinski definition) is 0. The van der Waals surface area contributed by atoms with Crippen LogP contribution in [0.5, 0.6) is 11.5 Å². The number of benzene rings is 1. The van der Waals surface area contributed by atoms with Crippen molar-refractivity contribution in [1.82, 2.24) is 0 Å². The molecule has 0 radical (unpaired) electrons. The Labute approximate surface area is 83.9 Å². The lowest BCUT2D eigenvalue weighted by Crippen LogP contribution is -2.10. The Bertz CT molecular complexity index is 313. The zero-order valence-electron chi connectivity index (χ0n) is 8.36. The van der Waals surface area contributed by atoms with Crippen LogP contribution in [-0.2, 0) is 0 Å². The average molecular weight is 191 g/mol. The molecule has 3 heteroatoms. The first-order valence-corrected chi connectivity index (χ1v) is 4.44. The van der Waals surface area contributed by atoms with E-state index in [-0.39, 0.29) is 6.10 Å². The quantitative estimate of drug-likeness (QED) is 0.733. The van der Waals surface area contributed by atoms with Crippen molar-refractivity contribution < 1.29 is 9.47 Å². The van der Waals surface area contributed by atoms with Gasteiger partial charge in [-0.3, -0.25) is 0 Å². The Morgan fingerprint density at radius 3 is 2.36 bits per heavy atom. The summed E-state index contributed by atoms with van der Waals surface area (Å²) in [6.45, 7) is 1.87. The fraction of sp³-hybridized carbons (Fsp3) is 0.364. The second-order valence-corrected chi connectivity index (χ2v) is 2.97. The van der Waals surface area contributed by atoms with Crippen LogP contribution in [-0.4, -0.2) is 13.2 Å². The van der Waals surface area contributed by atoms with E-state index in [9.17, 15) is 0 Å². The molecule has 1 atom stereocenters. The van der Waals surface area contributed by atoms with Gasteiger partial charge in [0.05, 0.1) is 19.6 Å². The van der Waals surface area contributed by atoms with E-state index in [1.807, 2.05) is 31.2 Å². The summed E-state index contributed by atoms with van der Waals surface area (Å²) in [5, 5.41) is 8.45. The molecule has 0 N–H and O–H groups in total. The van der Waals surface area contributed by atoms with E-state index in [2.05, 4.69) is 6.07 Å². The number of nitrogens with zero attached hydrogens (tertiary/aromatic N) is 1. The Balaban J connectivity index is 2.56. The molecule has 0 amide bonds. The summed E-state index contributed by atoms with van der Waals surface area (Å²) in [6, 6.07) is 9.37. The Hall–Kier alpha value is -1.69. The third-order valence-electron chi connectivity index (χ3n) is 1.78. The van der Waals surface area contributed by atoms with Crippen molar-refractivity contribution in [3.05, 3.63) is 24.3 Å². The van der Waals surface area contributed by atoms with E-state index in [0.717, 1.165) is 11.5 Å². The van der Waals surface area contributed by atoms with Crippen molar-refractivity contribution in [1.29, 1.82) is 5.26 Å². The molecule has 0 aliphatic carbocycles. The van der Waals surface area contributed by atoms with Crippen molar-refractivity contribution in [3.8, 4) is 17.6 Å². The van der Waals surface area contributed by atoms with Crippen LogP contribution in [0, 0.1) is 11.3 Å². The number of nitriles is 1. The minimum absolute atomic E-state index is 0.0756. The van der Waals surface area contributed by atoms with Gasteiger partial charge in [0, 0.05) is 0 Å². The average Bonchev–Trinajstić information content (AvgIpc) is 2.19. The van der Waals surface area contributed by atoms with E-state index in [0.29, 0.717) is 6.42 Å². The maximum absolute atomic E-state index is 8.45. The molecule has 0 heterocycles. The van der Waals surface area contributed by atoms with Gasteiger partial charge in [0.1, 0.15) is 17.6 Å².